The van der Waals surface area contributed by atoms with E-state index in [1.54, 1.807) is 0 Å². The Bertz CT molecular complexity index is 267. The molecule has 0 aliphatic carbocycles. The molecular formula is C8H12N2O. The lowest BCUT2D eigenvalue weighted by atomic mass is 10.2. The monoisotopic (exact) mass is 152 g/mol. The molecule has 2 rings (SSSR count). The summed E-state index contributed by atoms with van der Waals surface area (Å²) in [6.07, 6.45) is 1.85. The van der Waals surface area contributed by atoms with Gasteiger partial charge in [-0.15, -0.1) is 0 Å². The molecule has 3 heteroatoms. The zero-order valence-corrected chi connectivity index (χ0v) is 6.87. The minimum absolute atomic E-state index is 0.585. The van der Waals surface area contributed by atoms with Gasteiger partial charge in [0.2, 0.25) is 5.88 Å². The van der Waals surface area contributed by atoms with E-state index in [1.807, 2.05) is 17.8 Å². The van der Waals surface area contributed by atoms with Gasteiger partial charge in [0.25, 0.3) is 0 Å². The predicted octanol–water partition coefficient (Wildman–Crippen LogP) is 1.22. The summed E-state index contributed by atoms with van der Waals surface area (Å²) in [7, 11) is 0. The van der Waals surface area contributed by atoms with Crippen LogP contribution in [0.3, 0.4) is 0 Å². The molecule has 0 fully saturated rings. The molecule has 0 radical (unpaired) electrons. The van der Waals surface area contributed by atoms with Crippen molar-refractivity contribution in [2.45, 2.75) is 20.4 Å². The van der Waals surface area contributed by atoms with Crippen LogP contribution in [0.1, 0.15) is 12.5 Å². The van der Waals surface area contributed by atoms with Crippen molar-refractivity contribution in [3.63, 3.8) is 0 Å². The molecule has 1 aromatic heterocycles. The van der Waals surface area contributed by atoms with Crippen LogP contribution in [-0.2, 0) is 6.54 Å². The van der Waals surface area contributed by atoms with Crippen LogP contribution in [0.4, 0.5) is 0 Å². The average Bonchev–Trinajstić information content (AvgIpc) is 2.32. The van der Waals surface area contributed by atoms with E-state index in [0.29, 0.717) is 5.92 Å². The molecule has 60 valence electrons. The number of aromatic nitrogens is 2. The smallest absolute Gasteiger partial charge is 0.214 e. The summed E-state index contributed by atoms with van der Waals surface area (Å²) in [5.41, 5.74) is 1.14. The summed E-state index contributed by atoms with van der Waals surface area (Å²) in [6, 6.07) is 0. The van der Waals surface area contributed by atoms with Crippen LogP contribution in [-0.4, -0.2) is 16.4 Å². The van der Waals surface area contributed by atoms with E-state index in [4.69, 9.17) is 4.74 Å². The Hall–Kier alpha value is -0.990. The molecule has 2 heterocycles. The molecule has 0 bridgehead atoms. The Morgan fingerprint density at radius 2 is 2.55 bits per heavy atom. The summed E-state index contributed by atoms with van der Waals surface area (Å²) < 4.78 is 7.44. The molecule has 0 amide bonds. The van der Waals surface area contributed by atoms with Crippen molar-refractivity contribution in [3.05, 3.63) is 11.8 Å². The van der Waals surface area contributed by atoms with Gasteiger partial charge in [-0.05, 0) is 6.92 Å². The standard InChI is InChI=1S/C8H12N2O/c1-6-4-10-8(11-5-6)7(2)3-9-10/h3,6H,4-5H2,1-2H3. The number of nitrogens with zero attached hydrogens (tertiary/aromatic N) is 2. The van der Waals surface area contributed by atoms with E-state index >= 15 is 0 Å². The summed E-state index contributed by atoms with van der Waals surface area (Å²) in [5.74, 6) is 1.53. The van der Waals surface area contributed by atoms with Crippen LogP contribution in [0.25, 0.3) is 0 Å². The summed E-state index contributed by atoms with van der Waals surface area (Å²) in [4.78, 5) is 0. The predicted molar refractivity (Wildman–Crippen MR) is 41.6 cm³/mol. The molecule has 0 aromatic carbocycles. The summed E-state index contributed by atoms with van der Waals surface area (Å²) in [6.45, 7) is 6.00. The van der Waals surface area contributed by atoms with Crippen LogP contribution in [0, 0.1) is 12.8 Å². The van der Waals surface area contributed by atoms with Crippen molar-refractivity contribution < 1.29 is 4.74 Å². The Morgan fingerprint density at radius 3 is 3.36 bits per heavy atom. The first-order valence-electron chi connectivity index (χ1n) is 3.92. The number of hydrogen-bond donors (Lipinski definition) is 0. The third kappa shape index (κ3) is 1.00. The molecule has 1 aromatic rings. The van der Waals surface area contributed by atoms with Crippen LogP contribution >= 0.6 is 0 Å². The minimum atomic E-state index is 0.585. The van der Waals surface area contributed by atoms with Crippen molar-refractivity contribution in [2.24, 2.45) is 5.92 Å². The van der Waals surface area contributed by atoms with Crippen molar-refractivity contribution in [3.8, 4) is 5.88 Å². The number of aryl methyl sites for hydroxylation is 1. The topological polar surface area (TPSA) is 27.1 Å². The highest BCUT2D eigenvalue weighted by molar-refractivity contribution is 5.23. The second kappa shape index (κ2) is 2.26. The van der Waals surface area contributed by atoms with Gasteiger partial charge in [0.15, 0.2) is 0 Å². The summed E-state index contributed by atoms with van der Waals surface area (Å²) >= 11 is 0. The van der Waals surface area contributed by atoms with E-state index in [-0.39, 0.29) is 0 Å². The lowest BCUT2D eigenvalue weighted by Crippen LogP contribution is -2.23. The van der Waals surface area contributed by atoms with E-state index in [2.05, 4.69) is 12.0 Å². The first-order valence-corrected chi connectivity index (χ1v) is 3.92. The Kier molecular flexibility index (Phi) is 1.37. The first kappa shape index (κ1) is 6.70. The van der Waals surface area contributed by atoms with Crippen molar-refractivity contribution in [1.82, 2.24) is 9.78 Å². The maximum atomic E-state index is 5.51. The lowest BCUT2D eigenvalue weighted by Gasteiger charge is -2.21. The Balaban J connectivity index is 2.36. The summed E-state index contributed by atoms with van der Waals surface area (Å²) in [5, 5.41) is 4.20. The van der Waals surface area contributed by atoms with Gasteiger partial charge in [-0.1, -0.05) is 6.92 Å². The number of fused-ring (bicyclic) bond motifs is 1. The van der Waals surface area contributed by atoms with E-state index < -0.39 is 0 Å². The van der Waals surface area contributed by atoms with Gasteiger partial charge in [-0.25, -0.2) is 4.68 Å². The second-order valence-electron chi connectivity index (χ2n) is 3.23. The zero-order chi connectivity index (χ0) is 7.84. The fraction of sp³-hybridized carbons (Fsp3) is 0.625. The molecule has 1 aliphatic heterocycles. The van der Waals surface area contributed by atoms with Crippen LogP contribution in [0.5, 0.6) is 5.88 Å². The Labute approximate surface area is 66.0 Å². The molecule has 0 saturated carbocycles. The van der Waals surface area contributed by atoms with Gasteiger partial charge in [-0.2, -0.15) is 5.10 Å². The molecule has 1 aliphatic rings. The molecule has 3 nitrogen and oxygen atoms in total. The van der Waals surface area contributed by atoms with Gasteiger partial charge in [0, 0.05) is 11.5 Å². The largest absolute Gasteiger partial charge is 0.477 e. The van der Waals surface area contributed by atoms with E-state index in [9.17, 15) is 0 Å². The Morgan fingerprint density at radius 1 is 1.73 bits per heavy atom. The van der Waals surface area contributed by atoms with E-state index in [1.165, 1.54) is 0 Å². The van der Waals surface area contributed by atoms with Crippen LogP contribution in [0.15, 0.2) is 6.20 Å². The quantitative estimate of drug-likeness (QED) is 0.559. The van der Waals surface area contributed by atoms with Gasteiger partial charge < -0.3 is 4.74 Å². The van der Waals surface area contributed by atoms with Crippen molar-refractivity contribution in [1.29, 1.82) is 0 Å². The van der Waals surface area contributed by atoms with Crippen LogP contribution < -0.4 is 4.74 Å². The molecule has 11 heavy (non-hydrogen) atoms. The lowest BCUT2D eigenvalue weighted by molar-refractivity contribution is 0.174. The molecule has 0 spiro atoms. The third-order valence-electron chi connectivity index (χ3n) is 1.95. The van der Waals surface area contributed by atoms with Crippen molar-refractivity contribution >= 4 is 0 Å². The van der Waals surface area contributed by atoms with Crippen molar-refractivity contribution in [2.75, 3.05) is 6.61 Å². The third-order valence-corrected chi connectivity index (χ3v) is 1.95. The fourth-order valence-electron chi connectivity index (χ4n) is 1.36. The molecule has 0 saturated heterocycles. The highest BCUT2D eigenvalue weighted by atomic mass is 16.5. The van der Waals surface area contributed by atoms with Gasteiger partial charge in [-0.3, -0.25) is 0 Å². The van der Waals surface area contributed by atoms with Gasteiger partial charge in [0.05, 0.1) is 19.3 Å². The number of rotatable bonds is 0. The normalized spacial score (nSPS) is 22.5. The maximum Gasteiger partial charge on any atom is 0.214 e. The molecule has 1 atom stereocenters. The fourth-order valence-corrected chi connectivity index (χ4v) is 1.36. The number of hydrogen-bond acceptors (Lipinski definition) is 2. The zero-order valence-electron chi connectivity index (χ0n) is 6.87. The number of ether oxygens (including phenoxy) is 1. The highest BCUT2D eigenvalue weighted by Gasteiger charge is 2.17. The molecular weight excluding hydrogens is 140 g/mol. The highest BCUT2D eigenvalue weighted by Crippen LogP contribution is 2.22. The second-order valence-corrected chi connectivity index (χ2v) is 3.23. The van der Waals surface area contributed by atoms with Gasteiger partial charge >= 0.3 is 0 Å². The van der Waals surface area contributed by atoms with Crippen LogP contribution in [0.2, 0.25) is 0 Å². The SMILES string of the molecule is Cc1cnn2c1OCC(C)C2. The first-order chi connectivity index (χ1) is 5.27. The molecule has 0 N–H and O–H groups in total. The average molecular weight is 152 g/mol. The van der Waals surface area contributed by atoms with Gasteiger partial charge in [0.1, 0.15) is 0 Å². The van der Waals surface area contributed by atoms with E-state index in [0.717, 1.165) is 24.6 Å². The molecule has 1 unspecified atom stereocenters. The maximum absolute atomic E-state index is 5.51. The minimum Gasteiger partial charge on any atom is -0.477 e.